The van der Waals surface area contributed by atoms with Crippen LogP contribution in [0.5, 0.6) is 0 Å². The first-order valence-corrected chi connectivity index (χ1v) is 7.66. The van der Waals surface area contributed by atoms with Gasteiger partial charge in [-0.3, -0.25) is 0 Å². The second kappa shape index (κ2) is 4.34. The molecule has 3 fully saturated rings. The largest absolute Gasteiger partial charge is 0.444 e. The smallest absolute Gasteiger partial charge is 0.407 e. The maximum atomic E-state index is 11.8. The quantitative estimate of drug-likeness (QED) is 0.771. The van der Waals surface area contributed by atoms with Gasteiger partial charge in [0.15, 0.2) is 0 Å². The lowest BCUT2D eigenvalue weighted by Crippen LogP contribution is -2.54. The molecule has 3 rings (SSSR count). The molecule has 1 amide bonds. The number of carbonyl (C=O) groups excluding carboxylic acids is 1. The highest BCUT2D eigenvalue weighted by atomic mass is 16.6. The Hall–Kier alpha value is -0.810. The Kier molecular flexibility index (Phi) is 3.07. The van der Waals surface area contributed by atoms with E-state index in [2.05, 4.69) is 5.32 Å². The summed E-state index contributed by atoms with van der Waals surface area (Å²) < 4.78 is 11.3. The normalized spacial score (nSPS) is 43.2. The van der Waals surface area contributed by atoms with Crippen LogP contribution in [0.2, 0.25) is 0 Å². The molecule has 1 aliphatic heterocycles. The third-order valence-electron chi connectivity index (χ3n) is 5.08. The van der Waals surface area contributed by atoms with E-state index in [9.17, 15) is 4.79 Å². The Morgan fingerprint density at radius 2 is 2.00 bits per heavy atom. The molecule has 1 saturated heterocycles. The van der Waals surface area contributed by atoms with Crippen molar-refractivity contribution in [3.63, 3.8) is 0 Å². The van der Waals surface area contributed by atoms with Crippen molar-refractivity contribution in [2.45, 2.75) is 75.7 Å². The van der Waals surface area contributed by atoms with Crippen LogP contribution < -0.4 is 11.1 Å². The molecule has 1 spiro atoms. The zero-order valence-corrected chi connectivity index (χ0v) is 12.7. The molecule has 114 valence electrons. The highest BCUT2D eigenvalue weighted by Crippen LogP contribution is 2.60. The van der Waals surface area contributed by atoms with Gasteiger partial charge in [0.05, 0.1) is 17.7 Å². The lowest BCUT2D eigenvalue weighted by Gasteiger charge is -2.41. The van der Waals surface area contributed by atoms with Gasteiger partial charge < -0.3 is 20.5 Å². The molecule has 0 aromatic rings. The summed E-state index contributed by atoms with van der Waals surface area (Å²) in [5.41, 5.74) is 5.81. The Morgan fingerprint density at radius 1 is 1.35 bits per heavy atom. The standard InChI is InChI=1S/C15H26N2O3/c1-13(2,3)20-12(18)17-11-4-6-14(7-5-11)15(16)8-10(15)9-19-14/h10-11H,4-9,16H2,1-3H3,(H,17,18). The van der Waals surface area contributed by atoms with Crippen LogP contribution >= 0.6 is 0 Å². The van der Waals surface area contributed by atoms with E-state index in [1.54, 1.807) is 0 Å². The Morgan fingerprint density at radius 3 is 2.45 bits per heavy atom. The molecule has 2 saturated carbocycles. The highest BCUT2D eigenvalue weighted by Gasteiger charge is 2.69. The zero-order chi connectivity index (χ0) is 14.6. The predicted octanol–water partition coefficient (Wildman–Crippen LogP) is 1.94. The topological polar surface area (TPSA) is 73.6 Å². The van der Waals surface area contributed by atoms with Crippen molar-refractivity contribution < 1.29 is 14.3 Å². The molecule has 5 heteroatoms. The van der Waals surface area contributed by atoms with Gasteiger partial charge in [-0.2, -0.15) is 0 Å². The van der Waals surface area contributed by atoms with Crippen molar-refractivity contribution in [2.75, 3.05) is 6.61 Å². The molecule has 3 N–H and O–H groups in total. The van der Waals surface area contributed by atoms with E-state index in [1.165, 1.54) is 0 Å². The van der Waals surface area contributed by atoms with Gasteiger partial charge in [0, 0.05) is 12.0 Å². The van der Waals surface area contributed by atoms with Gasteiger partial charge in [0.25, 0.3) is 0 Å². The molecule has 3 aliphatic rings. The van der Waals surface area contributed by atoms with Crippen molar-refractivity contribution >= 4 is 6.09 Å². The average molecular weight is 282 g/mol. The van der Waals surface area contributed by atoms with Crippen LogP contribution in [0.3, 0.4) is 0 Å². The number of ether oxygens (including phenoxy) is 2. The molecule has 2 aliphatic carbocycles. The summed E-state index contributed by atoms with van der Waals surface area (Å²) in [6.07, 6.45) is 4.52. The van der Waals surface area contributed by atoms with Gasteiger partial charge in [-0.25, -0.2) is 4.79 Å². The summed E-state index contributed by atoms with van der Waals surface area (Å²) in [4.78, 5) is 11.8. The van der Waals surface area contributed by atoms with Gasteiger partial charge in [0.1, 0.15) is 5.60 Å². The summed E-state index contributed by atoms with van der Waals surface area (Å²) in [6, 6.07) is 0.181. The molecule has 5 nitrogen and oxygen atoms in total. The number of alkyl carbamates (subject to hydrolysis) is 1. The van der Waals surface area contributed by atoms with Crippen LogP contribution in [0.25, 0.3) is 0 Å². The van der Waals surface area contributed by atoms with Gasteiger partial charge in [-0.05, 0) is 52.9 Å². The van der Waals surface area contributed by atoms with Gasteiger partial charge in [0.2, 0.25) is 0 Å². The van der Waals surface area contributed by atoms with Crippen LogP contribution in [-0.4, -0.2) is 35.5 Å². The third-order valence-corrected chi connectivity index (χ3v) is 5.08. The van der Waals surface area contributed by atoms with E-state index in [-0.39, 0.29) is 23.3 Å². The van der Waals surface area contributed by atoms with Crippen molar-refractivity contribution in [1.29, 1.82) is 0 Å². The molecular formula is C15H26N2O3. The van der Waals surface area contributed by atoms with Crippen LogP contribution in [0.1, 0.15) is 52.9 Å². The SMILES string of the molecule is CC(C)(C)OC(=O)NC1CCC2(CC1)OCC1CC12N. The van der Waals surface area contributed by atoms with Gasteiger partial charge in [-0.1, -0.05) is 0 Å². The molecule has 1 heterocycles. The summed E-state index contributed by atoms with van der Waals surface area (Å²) in [5.74, 6) is 0.567. The van der Waals surface area contributed by atoms with Crippen LogP contribution in [0.15, 0.2) is 0 Å². The first-order chi connectivity index (χ1) is 9.24. The number of hydrogen-bond acceptors (Lipinski definition) is 4. The zero-order valence-electron chi connectivity index (χ0n) is 12.7. The fourth-order valence-electron chi connectivity index (χ4n) is 3.82. The van der Waals surface area contributed by atoms with Gasteiger partial charge >= 0.3 is 6.09 Å². The Balaban J connectivity index is 1.51. The number of hydrogen-bond donors (Lipinski definition) is 2. The summed E-state index contributed by atoms with van der Waals surface area (Å²) in [7, 11) is 0. The lowest BCUT2D eigenvalue weighted by molar-refractivity contribution is -0.0631. The number of fused-ring (bicyclic) bond motifs is 2. The summed E-state index contributed by atoms with van der Waals surface area (Å²) in [5, 5.41) is 2.97. The minimum absolute atomic E-state index is 0.0795. The molecule has 2 atom stereocenters. The maximum absolute atomic E-state index is 11.8. The molecule has 0 bridgehead atoms. The van der Waals surface area contributed by atoms with Crippen LogP contribution in [0.4, 0.5) is 4.79 Å². The Bertz CT molecular complexity index is 408. The van der Waals surface area contributed by atoms with E-state index < -0.39 is 5.60 Å². The second-order valence-corrected chi connectivity index (χ2v) is 7.67. The number of rotatable bonds is 1. The van der Waals surface area contributed by atoms with E-state index >= 15 is 0 Å². The summed E-state index contributed by atoms with van der Waals surface area (Å²) >= 11 is 0. The first kappa shape index (κ1) is 14.1. The van der Waals surface area contributed by atoms with E-state index in [0.717, 1.165) is 38.7 Å². The molecule has 20 heavy (non-hydrogen) atoms. The fraction of sp³-hybridized carbons (Fsp3) is 0.933. The van der Waals surface area contributed by atoms with Crippen molar-refractivity contribution in [1.82, 2.24) is 5.32 Å². The summed E-state index contributed by atoms with van der Waals surface area (Å²) in [6.45, 7) is 6.45. The number of nitrogens with two attached hydrogens (primary N) is 1. The lowest BCUT2D eigenvalue weighted by atomic mass is 9.76. The minimum atomic E-state index is -0.447. The van der Waals surface area contributed by atoms with Crippen molar-refractivity contribution in [3.8, 4) is 0 Å². The molecule has 2 unspecified atom stereocenters. The van der Waals surface area contributed by atoms with Gasteiger partial charge in [-0.15, -0.1) is 0 Å². The van der Waals surface area contributed by atoms with Crippen LogP contribution in [-0.2, 0) is 9.47 Å². The maximum Gasteiger partial charge on any atom is 0.407 e. The second-order valence-electron chi connectivity index (χ2n) is 7.67. The first-order valence-electron chi connectivity index (χ1n) is 7.66. The van der Waals surface area contributed by atoms with E-state index in [1.807, 2.05) is 20.8 Å². The van der Waals surface area contributed by atoms with E-state index in [0.29, 0.717) is 5.92 Å². The molecule has 0 radical (unpaired) electrons. The number of carbonyl (C=O) groups is 1. The number of amides is 1. The molecule has 0 aromatic carbocycles. The third kappa shape index (κ3) is 2.31. The highest BCUT2D eigenvalue weighted by molar-refractivity contribution is 5.68. The average Bonchev–Trinajstić information content (AvgIpc) is 2.92. The molecule has 0 aromatic heterocycles. The predicted molar refractivity (Wildman–Crippen MR) is 75.3 cm³/mol. The number of nitrogens with one attached hydrogen (secondary N) is 1. The molecular weight excluding hydrogens is 256 g/mol. The fourth-order valence-corrected chi connectivity index (χ4v) is 3.82. The van der Waals surface area contributed by atoms with Crippen LogP contribution in [0, 0.1) is 5.92 Å². The minimum Gasteiger partial charge on any atom is -0.444 e. The van der Waals surface area contributed by atoms with Crippen molar-refractivity contribution in [3.05, 3.63) is 0 Å². The van der Waals surface area contributed by atoms with E-state index in [4.69, 9.17) is 15.2 Å². The van der Waals surface area contributed by atoms with Crippen molar-refractivity contribution in [2.24, 2.45) is 11.7 Å². The Labute approximate surface area is 120 Å². The monoisotopic (exact) mass is 282 g/mol.